The van der Waals surface area contributed by atoms with Crippen LogP contribution in [0.5, 0.6) is 5.75 Å². The van der Waals surface area contributed by atoms with E-state index in [0.29, 0.717) is 12.0 Å². The van der Waals surface area contributed by atoms with Gasteiger partial charge in [-0.25, -0.2) is 9.50 Å². The first-order valence-electron chi connectivity index (χ1n) is 9.75. The van der Waals surface area contributed by atoms with E-state index in [1.54, 1.807) is 13.3 Å². The van der Waals surface area contributed by atoms with Crippen molar-refractivity contribution in [2.75, 3.05) is 7.11 Å². The molecule has 2 aromatic heterocycles. The van der Waals surface area contributed by atoms with Gasteiger partial charge in [-0.2, -0.15) is 5.10 Å². The second kappa shape index (κ2) is 6.85. The second-order valence-corrected chi connectivity index (χ2v) is 7.48. The van der Waals surface area contributed by atoms with E-state index < -0.39 is 0 Å². The molecule has 29 heavy (non-hydrogen) atoms. The van der Waals surface area contributed by atoms with Gasteiger partial charge < -0.3 is 4.74 Å². The number of methoxy groups -OCH3 is 1. The van der Waals surface area contributed by atoms with E-state index >= 15 is 0 Å². The van der Waals surface area contributed by atoms with Crippen LogP contribution in [0, 0.1) is 6.92 Å². The number of rotatable bonds is 3. The Hall–Kier alpha value is -3.47. The highest BCUT2D eigenvalue weighted by atomic mass is 16.5. The molecule has 0 radical (unpaired) electrons. The number of Topliss-reactive ketones (excluding diaryl/α,β-unsaturated/α-hetero) is 1. The third kappa shape index (κ3) is 2.90. The molecule has 5 nitrogen and oxygen atoms in total. The monoisotopic (exact) mass is 383 g/mol. The number of fused-ring (bicyclic) bond motifs is 3. The van der Waals surface area contributed by atoms with Crippen LogP contribution < -0.4 is 4.74 Å². The molecule has 0 spiro atoms. The van der Waals surface area contributed by atoms with E-state index in [0.717, 1.165) is 45.9 Å². The number of hydrogen-bond donors (Lipinski definition) is 0. The van der Waals surface area contributed by atoms with Crippen LogP contribution in [0.4, 0.5) is 0 Å². The Labute approximate surface area is 169 Å². The highest BCUT2D eigenvalue weighted by Gasteiger charge is 2.30. The van der Waals surface area contributed by atoms with Crippen molar-refractivity contribution < 1.29 is 9.53 Å². The van der Waals surface area contributed by atoms with Gasteiger partial charge in [-0.3, -0.25) is 4.79 Å². The summed E-state index contributed by atoms with van der Waals surface area (Å²) in [7, 11) is 1.66. The van der Waals surface area contributed by atoms with Gasteiger partial charge in [0.1, 0.15) is 5.75 Å². The number of hydrogen-bond acceptors (Lipinski definition) is 4. The van der Waals surface area contributed by atoms with E-state index in [2.05, 4.69) is 17.1 Å². The third-order valence-electron chi connectivity index (χ3n) is 5.74. The average Bonchev–Trinajstić information content (AvgIpc) is 3.10. The molecule has 0 N–H and O–H groups in total. The number of carbonyl (C=O) groups is 1. The number of carbonyl (C=O) groups excluding carboxylic acids is 1. The van der Waals surface area contributed by atoms with Crippen LogP contribution in [0.2, 0.25) is 0 Å². The zero-order valence-corrected chi connectivity index (χ0v) is 16.4. The first kappa shape index (κ1) is 17.6. The molecular weight excluding hydrogens is 362 g/mol. The molecule has 1 aliphatic carbocycles. The van der Waals surface area contributed by atoms with Gasteiger partial charge in [0.15, 0.2) is 11.4 Å². The summed E-state index contributed by atoms with van der Waals surface area (Å²) < 4.78 is 7.14. The lowest BCUT2D eigenvalue weighted by Crippen LogP contribution is -2.22. The summed E-state index contributed by atoms with van der Waals surface area (Å²) in [6.45, 7) is 2.00. The van der Waals surface area contributed by atoms with Gasteiger partial charge in [0.05, 0.1) is 24.1 Å². The van der Waals surface area contributed by atoms with Gasteiger partial charge in [-0.1, -0.05) is 42.5 Å². The summed E-state index contributed by atoms with van der Waals surface area (Å²) in [5, 5.41) is 4.77. The summed E-state index contributed by atoms with van der Waals surface area (Å²) in [5.74, 6) is 1.06. The first-order chi connectivity index (χ1) is 14.2. The summed E-state index contributed by atoms with van der Waals surface area (Å²) in [4.78, 5) is 17.5. The van der Waals surface area contributed by atoms with E-state index in [-0.39, 0.29) is 11.7 Å². The molecule has 2 heterocycles. The zero-order chi connectivity index (χ0) is 20.0. The van der Waals surface area contributed by atoms with Crippen molar-refractivity contribution in [1.29, 1.82) is 0 Å². The lowest BCUT2D eigenvalue weighted by Gasteiger charge is -2.24. The highest BCUT2D eigenvalue weighted by molar-refractivity contribution is 5.99. The van der Waals surface area contributed by atoms with Crippen LogP contribution in [0.25, 0.3) is 16.8 Å². The van der Waals surface area contributed by atoms with Gasteiger partial charge >= 0.3 is 0 Å². The maximum absolute atomic E-state index is 12.9. The molecule has 1 unspecified atom stereocenters. The Kier molecular flexibility index (Phi) is 4.16. The predicted octanol–water partition coefficient (Wildman–Crippen LogP) is 4.63. The third-order valence-corrected chi connectivity index (χ3v) is 5.74. The minimum absolute atomic E-state index is 0.121. The standard InChI is InChI=1S/C24H21N3O2/c1-15-23(17-6-4-3-5-7-17)24-25-14-20-21(27(24)26-15)12-18(13-22(20)28)16-8-10-19(29-2)11-9-16/h3-11,14,18H,12-13H2,1-2H3. The van der Waals surface area contributed by atoms with E-state index in [4.69, 9.17) is 9.84 Å². The maximum Gasteiger partial charge on any atom is 0.166 e. The first-order valence-corrected chi connectivity index (χ1v) is 9.75. The maximum atomic E-state index is 12.9. The van der Waals surface area contributed by atoms with E-state index in [1.807, 2.05) is 53.9 Å². The van der Waals surface area contributed by atoms with Crippen molar-refractivity contribution in [3.63, 3.8) is 0 Å². The molecule has 144 valence electrons. The largest absolute Gasteiger partial charge is 0.497 e. The highest BCUT2D eigenvalue weighted by Crippen LogP contribution is 2.35. The quantitative estimate of drug-likeness (QED) is 0.518. The summed E-state index contributed by atoms with van der Waals surface area (Å²) >= 11 is 0. The number of aromatic nitrogens is 3. The molecular formula is C24H21N3O2. The average molecular weight is 383 g/mol. The SMILES string of the molecule is COc1ccc(C2CC(=O)c3cnc4c(-c5ccccc5)c(C)nn4c3C2)cc1. The van der Waals surface area contributed by atoms with Crippen LogP contribution in [0.1, 0.15) is 39.6 Å². The van der Waals surface area contributed by atoms with Crippen LogP contribution >= 0.6 is 0 Å². The lowest BCUT2D eigenvalue weighted by atomic mass is 9.82. The van der Waals surface area contributed by atoms with Crippen molar-refractivity contribution in [2.45, 2.75) is 25.7 Å². The lowest BCUT2D eigenvalue weighted by molar-refractivity contribution is 0.0962. The van der Waals surface area contributed by atoms with E-state index in [9.17, 15) is 4.79 Å². The Morgan fingerprint density at radius 3 is 2.52 bits per heavy atom. The number of nitrogens with zero attached hydrogens (tertiary/aromatic N) is 3. The van der Waals surface area contributed by atoms with Crippen molar-refractivity contribution in [1.82, 2.24) is 14.6 Å². The van der Waals surface area contributed by atoms with Crippen LogP contribution in [0.3, 0.4) is 0 Å². The predicted molar refractivity (Wildman–Crippen MR) is 112 cm³/mol. The minimum atomic E-state index is 0.121. The molecule has 1 atom stereocenters. The van der Waals surface area contributed by atoms with Gasteiger partial charge in [-0.05, 0) is 42.5 Å². The molecule has 0 amide bonds. The number of ether oxygens (including phenoxy) is 1. The fraction of sp³-hybridized carbons (Fsp3) is 0.208. The van der Waals surface area contributed by atoms with Gasteiger partial charge in [0, 0.05) is 18.2 Å². The Morgan fingerprint density at radius 1 is 1.03 bits per heavy atom. The molecule has 2 aromatic carbocycles. The van der Waals surface area contributed by atoms with Crippen LogP contribution in [-0.2, 0) is 6.42 Å². The van der Waals surface area contributed by atoms with Crippen molar-refractivity contribution >= 4 is 11.4 Å². The van der Waals surface area contributed by atoms with Gasteiger partial charge in [0.2, 0.25) is 0 Å². The molecule has 0 saturated heterocycles. The molecule has 5 rings (SSSR count). The topological polar surface area (TPSA) is 56.5 Å². The molecule has 0 bridgehead atoms. The van der Waals surface area contributed by atoms with Crippen LogP contribution in [-0.4, -0.2) is 27.5 Å². The summed E-state index contributed by atoms with van der Waals surface area (Å²) in [6, 6.07) is 18.1. The molecule has 0 fully saturated rings. The summed E-state index contributed by atoms with van der Waals surface area (Å²) in [6.07, 6.45) is 2.96. The Balaban J connectivity index is 1.62. The van der Waals surface area contributed by atoms with Crippen LogP contribution in [0.15, 0.2) is 60.8 Å². The molecule has 5 heteroatoms. The Morgan fingerprint density at radius 2 is 1.79 bits per heavy atom. The van der Waals surface area contributed by atoms with Gasteiger partial charge in [0.25, 0.3) is 0 Å². The molecule has 1 aliphatic rings. The molecule has 4 aromatic rings. The fourth-order valence-electron chi connectivity index (χ4n) is 4.26. The number of ketones is 1. The van der Waals surface area contributed by atoms with Crippen molar-refractivity contribution in [2.24, 2.45) is 0 Å². The Bertz CT molecular complexity index is 1210. The summed E-state index contributed by atoms with van der Waals surface area (Å²) in [5.41, 5.74) is 6.59. The fourth-order valence-corrected chi connectivity index (χ4v) is 4.26. The number of aryl methyl sites for hydroxylation is 1. The molecule has 0 saturated carbocycles. The van der Waals surface area contributed by atoms with Crippen molar-refractivity contribution in [3.05, 3.63) is 83.3 Å². The molecule has 0 aliphatic heterocycles. The smallest absolute Gasteiger partial charge is 0.166 e. The van der Waals surface area contributed by atoms with E-state index in [1.165, 1.54) is 0 Å². The number of benzene rings is 2. The normalized spacial score (nSPS) is 16.1. The van der Waals surface area contributed by atoms with Crippen molar-refractivity contribution in [3.8, 4) is 16.9 Å². The van der Waals surface area contributed by atoms with Gasteiger partial charge in [-0.15, -0.1) is 0 Å². The minimum Gasteiger partial charge on any atom is -0.497 e. The second-order valence-electron chi connectivity index (χ2n) is 7.48. The zero-order valence-electron chi connectivity index (χ0n) is 16.4.